The van der Waals surface area contributed by atoms with Gasteiger partial charge in [0.05, 0.1) is 11.2 Å². The van der Waals surface area contributed by atoms with E-state index in [1.54, 1.807) is 48.5 Å². The number of aromatic nitrogens is 1. The van der Waals surface area contributed by atoms with Crippen LogP contribution in [0.2, 0.25) is 0 Å². The van der Waals surface area contributed by atoms with Crippen molar-refractivity contribution >= 4 is 38.9 Å². The van der Waals surface area contributed by atoms with E-state index in [0.29, 0.717) is 22.5 Å². The molecule has 1 unspecified atom stereocenters. The molecule has 8 nitrogen and oxygen atoms in total. The Labute approximate surface area is 186 Å². The lowest BCUT2D eigenvalue weighted by Gasteiger charge is -2.34. The summed E-state index contributed by atoms with van der Waals surface area (Å²) >= 11 is 0. The molecule has 0 radical (unpaired) electrons. The van der Waals surface area contributed by atoms with E-state index in [0.717, 1.165) is 31.4 Å². The first-order valence-corrected chi connectivity index (χ1v) is 12.1. The van der Waals surface area contributed by atoms with E-state index in [-0.39, 0.29) is 22.0 Å². The summed E-state index contributed by atoms with van der Waals surface area (Å²) in [5.74, 6) is 0.186. The van der Waals surface area contributed by atoms with E-state index in [1.165, 1.54) is 4.68 Å². The average molecular weight is 453 g/mol. The second-order valence-corrected chi connectivity index (χ2v) is 9.78. The van der Waals surface area contributed by atoms with Gasteiger partial charge in [-0.25, -0.2) is 0 Å². The van der Waals surface area contributed by atoms with Gasteiger partial charge in [0, 0.05) is 11.1 Å². The molecule has 2 aliphatic rings. The van der Waals surface area contributed by atoms with Crippen molar-refractivity contribution in [1.82, 2.24) is 4.68 Å². The van der Waals surface area contributed by atoms with Gasteiger partial charge in [-0.2, -0.15) is 9.78 Å². The van der Waals surface area contributed by atoms with Crippen LogP contribution in [0.5, 0.6) is 5.75 Å². The standard InChI is InChI=1S/C23H24N4O4S/c1-2-14-11-12-15(13-14)25-27-18-9-5-3-7-16(18)21(28)20(23(27)29)22-24-17-8-4-6-10-19(17)32(30,31)26-22/h3-10,14,28,30-31H,2,11-13H2,1H3,(H,24,26). The predicted octanol–water partition coefficient (Wildman–Crippen LogP) is 5.02. The van der Waals surface area contributed by atoms with Crippen molar-refractivity contribution in [3.05, 3.63) is 64.4 Å². The molecular formula is C23H24N4O4S. The third-order valence-corrected chi connectivity index (χ3v) is 7.49. The predicted molar refractivity (Wildman–Crippen MR) is 128 cm³/mol. The van der Waals surface area contributed by atoms with Crippen molar-refractivity contribution in [3.8, 4) is 5.75 Å². The first-order valence-electron chi connectivity index (χ1n) is 10.6. The Bertz CT molecular complexity index is 1350. The molecule has 2 aromatic carbocycles. The molecule has 1 saturated carbocycles. The number of nitrogens with zero attached hydrogens (tertiary/aromatic N) is 3. The Morgan fingerprint density at radius 1 is 1.19 bits per heavy atom. The number of pyridine rings is 1. The molecule has 0 amide bonds. The van der Waals surface area contributed by atoms with Gasteiger partial charge in [0.2, 0.25) is 0 Å². The molecule has 166 valence electrons. The summed E-state index contributed by atoms with van der Waals surface area (Å²) in [5, 5.41) is 19.1. The first kappa shape index (κ1) is 20.7. The normalized spacial score (nSPS) is 21.8. The molecule has 1 aromatic heterocycles. The van der Waals surface area contributed by atoms with Gasteiger partial charge in [-0.15, -0.1) is 4.40 Å². The van der Waals surface area contributed by atoms with Crippen molar-refractivity contribution in [3.63, 3.8) is 0 Å². The third kappa shape index (κ3) is 3.38. The Balaban J connectivity index is 1.73. The Hall–Kier alpha value is -3.14. The first-order chi connectivity index (χ1) is 15.4. The van der Waals surface area contributed by atoms with Gasteiger partial charge in [-0.1, -0.05) is 48.4 Å². The van der Waals surface area contributed by atoms with Crippen molar-refractivity contribution in [2.24, 2.45) is 15.4 Å². The van der Waals surface area contributed by atoms with Gasteiger partial charge in [0.25, 0.3) is 5.56 Å². The minimum atomic E-state index is -3.54. The van der Waals surface area contributed by atoms with Crippen LogP contribution in [0.25, 0.3) is 10.9 Å². The summed E-state index contributed by atoms with van der Waals surface area (Å²) in [6.45, 7) is 2.15. The lowest BCUT2D eigenvalue weighted by atomic mass is 10.1. The maximum Gasteiger partial charge on any atom is 0.286 e. The highest BCUT2D eigenvalue weighted by Crippen LogP contribution is 2.55. The number of amidine groups is 1. The fraction of sp³-hybridized carbons (Fsp3) is 0.261. The van der Waals surface area contributed by atoms with Crippen LogP contribution >= 0.6 is 10.8 Å². The third-order valence-electron chi connectivity index (χ3n) is 6.11. The smallest absolute Gasteiger partial charge is 0.286 e. The molecule has 3 aromatic rings. The molecule has 0 bridgehead atoms. The fourth-order valence-corrected chi connectivity index (χ4v) is 5.52. The summed E-state index contributed by atoms with van der Waals surface area (Å²) in [5.41, 5.74) is 1.12. The Morgan fingerprint density at radius 3 is 2.72 bits per heavy atom. The molecule has 1 aliphatic carbocycles. The highest BCUT2D eigenvalue weighted by atomic mass is 32.3. The van der Waals surface area contributed by atoms with E-state index >= 15 is 0 Å². The van der Waals surface area contributed by atoms with Gasteiger partial charge in [0.15, 0.2) is 5.84 Å². The van der Waals surface area contributed by atoms with Crippen LogP contribution in [0.15, 0.2) is 67.7 Å². The van der Waals surface area contributed by atoms with Crippen LogP contribution in [0.4, 0.5) is 5.69 Å². The average Bonchev–Trinajstić information content (AvgIpc) is 3.24. The summed E-state index contributed by atoms with van der Waals surface area (Å²) in [7, 11) is -3.54. The molecule has 1 atom stereocenters. The largest absolute Gasteiger partial charge is 0.506 e. The van der Waals surface area contributed by atoms with Crippen molar-refractivity contribution in [2.75, 3.05) is 5.32 Å². The molecule has 32 heavy (non-hydrogen) atoms. The zero-order chi connectivity index (χ0) is 22.5. The fourth-order valence-electron chi connectivity index (χ4n) is 4.36. The second kappa shape index (κ2) is 7.77. The molecular weight excluding hydrogens is 428 g/mol. The monoisotopic (exact) mass is 452 g/mol. The number of benzene rings is 2. The van der Waals surface area contributed by atoms with Crippen LogP contribution < -0.4 is 10.9 Å². The van der Waals surface area contributed by atoms with Crippen LogP contribution in [0, 0.1) is 5.92 Å². The van der Waals surface area contributed by atoms with Crippen LogP contribution in [0.1, 0.15) is 38.2 Å². The topological polar surface area (TPSA) is 119 Å². The quantitative estimate of drug-likeness (QED) is 0.445. The Kier molecular flexibility index (Phi) is 5.04. The molecule has 0 spiro atoms. The van der Waals surface area contributed by atoms with E-state index in [4.69, 9.17) is 0 Å². The summed E-state index contributed by atoms with van der Waals surface area (Å²) in [6, 6.07) is 13.6. The highest BCUT2D eigenvalue weighted by molar-refractivity contribution is 8.23. The lowest BCUT2D eigenvalue weighted by Crippen LogP contribution is -2.31. The van der Waals surface area contributed by atoms with Crippen LogP contribution in [0.3, 0.4) is 0 Å². The molecule has 5 rings (SSSR count). The maximum atomic E-state index is 13.6. The number of hydrogen-bond acceptors (Lipinski definition) is 7. The molecule has 2 heterocycles. The number of nitrogens with one attached hydrogen (secondary N) is 1. The van der Waals surface area contributed by atoms with Crippen LogP contribution in [-0.2, 0) is 0 Å². The zero-order valence-electron chi connectivity index (χ0n) is 17.5. The van der Waals surface area contributed by atoms with Crippen molar-refractivity contribution in [2.45, 2.75) is 37.5 Å². The van der Waals surface area contributed by atoms with E-state index < -0.39 is 16.3 Å². The van der Waals surface area contributed by atoms with E-state index in [9.17, 15) is 19.0 Å². The summed E-state index contributed by atoms with van der Waals surface area (Å²) in [4.78, 5) is 13.8. The van der Waals surface area contributed by atoms with Gasteiger partial charge >= 0.3 is 0 Å². The molecule has 1 aliphatic heterocycles. The van der Waals surface area contributed by atoms with E-state index in [1.807, 2.05) is 0 Å². The molecule has 9 heteroatoms. The number of anilines is 1. The Morgan fingerprint density at radius 2 is 1.94 bits per heavy atom. The molecule has 0 saturated heterocycles. The number of para-hydroxylation sites is 2. The molecule has 4 N–H and O–H groups in total. The second-order valence-electron chi connectivity index (χ2n) is 8.12. The number of rotatable bonds is 3. The summed E-state index contributed by atoms with van der Waals surface area (Å²) < 4.78 is 26.5. The highest BCUT2D eigenvalue weighted by Gasteiger charge is 2.30. The number of fused-ring (bicyclic) bond motifs is 2. The van der Waals surface area contributed by atoms with Crippen molar-refractivity contribution < 1.29 is 14.2 Å². The van der Waals surface area contributed by atoms with Gasteiger partial charge in [0.1, 0.15) is 16.2 Å². The number of aromatic hydroxyl groups is 1. The SMILES string of the molecule is CCC1CCC(=Nn2c(=O)c(C3=NS(O)(O)c4ccccc4N3)c(O)c3ccccc32)C1. The minimum Gasteiger partial charge on any atom is -0.506 e. The van der Waals surface area contributed by atoms with Crippen molar-refractivity contribution in [1.29, 1.82) is 0 Å². The van der Waals surface area contributed by atoms with Gasteiger partial charge < -0.3 is 10.4 Å². The van der Waals surface area contributed by atoms with Gasteiger partial charge in [-0.3, -0.25) is 13.9 Å². The van der Waals surface area contributed by atoms with Gasteiger partial charge in [-0.05, 0) is 49.4 Å². The lowest BCUT2D eigenvalue weighted by molar-refractivity contribution is 0.478. The van der Waals surface area contributed by atoms with Crippen LogP contribution in [-0.4, -0.2) is 30.4 Å². The minimum absolute atomic E-state index is 0.0937. The number of hydrogen-bond donors (Lipinski definition) is 4. The summed E-state index contributed by atoms with van der Waals surface area (Å²) in [6.07, 6.45) is 3.76. The maximum absolute atomic E-state index is 13.6. The van der Waals surface area contributed by atoms with E-state index in [2.05, 4.69) is 21.7 Å². The zero-order valence-corrected chi connectivity index (χ0v) is 18.3. The molecule has 1 fully saturated rings.